The molecule has 2 saturated heterocycles. The average Bonchev–Trinajstić information content (AvgIpc) is 2.90. The molecule has 38 heavy (non-hydrogen) atoms. The summed E-state index contributed by atoms with van der Waals surface area (Å²) in [7, 11) is 5.58. The molecule has 13 nitrogen and oxygen atoms in total. The van der Waals surface area contributed by atoms with E-state index < -0.39 is 50.5 Å². The van der Waals surface area contributed by atoms with Gasteiger partial charge in [0.05, 0.1) is 36.1 Å². The number of rotatable bonds is 6. The molecule has 4 rings (SSSR count). The minimum atomic E-state index is -1.89. The van der Waals surface area contributed by atoms with Crippen molar-refractivity contribution < 1.29 is 33.7 Å². The molecule has 4 atom stereocenters. The number of ether oxygens (including phenoxy) is 2. The molecule has 2 aromatic carbocycles. The van der Waals surface area contributed by atoms with E-state index >= 15 is 0 Å². The van der Waals surface area contributed by atoms with Gasteiger partial charge in [0.1, 0.15) is 0 Å². The van der Waals surface area contributed by atoms with Gasteiger partial charge in [-0.15, -0.1) is 0 Å². The van der Waals surface area contributed by atoms with Gasteiger partial charge in [-0.05, 0) is 25.2 Å². The first-order chi connectivity index (χ1) is 17.9. The number of nitro benzene ring substituents is 2. The number of nitro groups is 2. The van der Waals surface area contributed by atoms with E-state index in [1.807, 2.05) is 0 Å². The smallest absolute Gasteiger partial charge is 0.322 e. The lowest BCUT2D eigenvalue weighted by Crippen LogP contribution is -2.75. The minimum Gasteiger partial charge on any atom is -0.468 e. The van der Waals surface area contributed by atoms with Crippen molar-refractivity contribution in [1.29, 1.82) is 0 Å². The molecule has 2 heterocycles. The normalized spacial score (nSPS) is 27.4. The van der Waals surface area contributed by atoms with Crippen LogP contribution >= 0.6 is 0 Å². The first-order valence-corrected chi connectivity index (χ1v) is 11.6. The van der Waals surface area contributed by atoms with E-state index in [9.17, 15) is 34.6 Å². The van der Waals surface area contributed by atoms with Crippen LogP contribution in [-0.2, 0) is 23.9 Å². The van der Waals surface area contributed by atoms with Crippen LogP contribution in [-0.4, -0.2) is 78.8 Å². The molecule has 0 radical (unpaired) electrons. The summed E-state index contributed by atoms with van der Waals surface area (Å²) in [6.07, 6.45) is 0. The zero-order valence-electron chi connectivity index (χ0n) is 21.2. The fourth-order valence-corrected chi connectivity index (χ4v) is 6.21. The maximum Gasteiger partial charge on any atom is 0.322 e. The third kappa shape index (κ3) is 3.73. The van der Waals surface area contributed by atoms with Gasteiger partial charge < -0.3 is 14.4 Å². The molecule has 200 valence electrons. The Hall–Kier alpha value is -4.23. The van der Waals surface area contributed by atoms with E-state index in [0.29, 0.717) is 11.1 Å². The number of Topliss-reactive ketones (excluding diaryl/α,β-unsaturated/α-hetero) is 1. The van der Waals surface area contributed by atoms with Crippen molar-refractivity contribution in [1.82, 2.24) is 9.80 Å². The summed E-state index contributed by atoms with van der Waals surface area (Å²) in [5.74, 6) is -2.43. The number of likely N-dealkylation sites (tertiary alicyclic amines) is 2. The van der Waals surface area contributed by atoms with E-state index in [2.05, 4.69) is 0 Å². The van der Waals surface area contributed by atoms with E-state index in [1.54, 1.807) is 23.9 Å². The predicted octanol–water partition coefficient (Wildman–Crippen LogP) is 2.06. The standard InChI is InChI=1S/C25H26N4O9/c1-26-13-24(22(31)37-3)19(15-5-9-17(10-6-15)28(33)34)27(2)20(16-7-11-18(12-8-16)29(35)36)25(14-26,21(24)30)23(32)38-4/h5-12,19-20H,13-14H2,1-4H3/t19-,20+,24+,25-. The molecule has 2 aliphatic heterocycles. The summed E-state index contributed by atoms with van der Waals surface area (Å²) < 4.78 is 10.3. The highest BCUT2D eigenvalue weighted by atomic mass is 16.6. The van der Waals surface area contributed by atoms with Gasteiger partial charge in [-0.1, -0.05) is 24.3 Å². The van der Waals surface area contributed by atoms with Crippen molar-refractivity contribution in [2.75, 3.05) is 41.4 Å². The van der Waals surface area contributed by atoms with Gasteiger partial charge in [0, 0.05) is 37.4 Å². The van der Waals surface area contributed by atoms with Crippen molar-refractivity contribution >= 4 is 29.1 Å². The molecule has 2 fully saturated rings. The molecular formula is C25H26N4O9. The van der Waals surface area contributed by atoms with Gasteiger partial charge in [0.15, 0.2) is 16.6 Å². The van der Waals surface area contributed by atoms with Crippen LogP contribution in [0.1, 0.15) is 23.2 Å². The molecule has 13 heteroatoms. The van der Waals surface area contributed by atoms with Crippen molar-refractivity contribution in [3.05, 3.63) is 79.9 Å². The largest absolute Gasteiger partial charge is 0.468 e. The lowest BCUT2D eigenvalue weighted by molar-refractivity contribution is -0.385. The van der Waals surface area contributed by atoms with Gasteiger partial charge in [0.2, 0.25) is 0 Å². The van der Waals surface area contributed by atoms with Gasteiger partial charge >= 0.3 is 11.9 Å². The number of piperidine rings is 2. The van der Waals surface area contributed by atoms with Crippen molar-refractivity contribution in [3.8, 4) is 0 Å². The van der Waals surface area contributed by atoms with Crippen molar-refractivity contribution in [2.45, 2.75) is 12.1 Å². The van der Waals surface area contributed by atoms with Gasteiger partial charge in [-0.25, -0.2) is 0 Å². The number of esters is 2. The van der Waals surface area contributed by atoms with Gasteiger partial charge in [-0.3, -0.25) is 39.5 Å². The Kier molecular flexibility index (Phi) is 6.76. The van der Waals surface area contributed by atoms with E-state index in [0.717, 1.165) is 14.2 Å². The molecule has 0 aliphatic carbocycles. The fraction of sp³-hybridized carbons (Fsp3) is 0.400. The maximum atomic E-state index is 14.6. The second-order valence-electron chi connectivity index (χ2n) is 9.60. The number of carbonyl (C=O) groups excluding carboxylic acids is 3. The molecule has 0 saturated carbocycles. The summed E-state index contributed by atoms with van der Waals surface area (Å²) in [5.41, 5.74) is -3.31. The lowest BCUT2D eigenvalue weighted by Gasteiger charge is -2.60. The summed E-state index contributed by atoms with van der Waals surface area (Å²) in [6, 6.07) is 8.92. The third-order valence-electron chi connectivity index (χ3n) is 7.54. The first-order valence-electron chi connectivity index (χ1n) is 11.6. The third-order valence-corrected chi connectivity index (χ3v) is 7.54. The van der Waals surface area contributed by atoms with Crippen LogP contribution in [0, 0.1) is 31.1 Å². The highest BCUT2D eigenvalue weighted by Crippen LogP contribution is 2.60. The van der Waals surface area contributed by atoms with E-state index in [-0.39, 0.29) is 24.5 Å². The number of fused-ring (bicyclic) bond motifs is 2. The summed E-state index contributed by atoms with van der Waals surface area (Å²) >= 11 is 0. The second-order valence-corrected chi connectivity index (χ2v) is 9.60. The SMILES string of the molecule is COC(=O)[C@@]12CN(C)C[C@@](C(=O)OC)(C1=O)[C@@H](c1ccc([N+](=O)[O-])cc1)N(C)[C@H]2c1ccc([N+](=O)[O-])cc1. The van der Waals surface area contributed by atoms with Crippen molar-refractivity contribution in [2.24, 2.45) is 10.8 Å². The minimum absolute atomic E-state index is 0.0871. The van der Waals surface area contributed by atoms with Crippen LogP contribution in [0.3, 0.4) is 0 Å². The number of carbonyl (C=O) groups is 3. The number of nitrogens with zero attached hydrogens (tertiary/aromatic N) is 4. The van der Waals surface area contributed by atoms with Crippen LogP contribution in [0.4, 0.5) is 11.4 Å². The molecule has 2 aliphatic rings. The Labute approximate surface area is 217 Å². The van der Waals surface area contributed by atoms with Crippen LogP contribution in [0.5, 0.6) is 0 Å². The Morgan fingerprint density at radius 1 is 0.789 bits per heavy atom. The number of benzene rings is 2. The molecule has 0 N–H and O–H groups in total. The lowest BCUT2D eigenvalue weighted by atomic mass is 9.54. The van der Waals surface area contributed by atoms with Gasteiger partial charge in [-0.2, -0.15) is 0 Å². The highest BCUT2D eigenvalue weighted by molar-refractivity contribution is 6.17. The van der Waals surface area contributed by atoms with Gasteiger partial charge in [0.25, 0.3) is 11.4 Å². The van der Waals surface area contributed by atoms with Crippen LogP contribution in [0.25, 0.3) is 0 Å². The highest BCUT2D eigenvalue weighted by Gasteiger charge is 2.74. The van der Waals surface area contributed by atoms with Crippen LogP contribution in [0.2, 0.25) is 0 Å². The van der Waals surface area contributed by atoms with Crippen LogP contribution < -0.4 is 0 Å². The quantitative estimate of drug-likeness (QED) is 0.234. The zero-order chi connectivity index (χ0) is 28.0. The van der Waals surface area contributed by atoms with Crippen LogP contribution in [0.15, 0.2) is 48.5 Å². The Balaban J connectivity index is 2.03. The fourth-order valence-electron chi connectivity index (χ4n) is 6.21. The summed E-state index contributed by atoms with van der Waals surface area (Å²) in [4.78, 5) is 66.4. The Morgan fingerprint density at radius 3 is 1.42 bits per heavy atom. The molecule has 2 bridgehead atoms. The first kappa shape index (κ1) is 26.8. The second kappa shape index (κ2) is 9.58. The van der Waals surface area contributed by atoms with Crippen molar-refractivity contribution in [3.63, 3.8) is 0 Å². The number of methoxy groups -OCH3 is 2. The average molecular weight is 527 g/mol. The number of hydrogen-bond acceptors (Lipinski definition) is 11. The number of ketones is 1. The number of non-ortho nitro benzene ring substituents is 2. The predicted molar refractivity (Wildman–Crippen MR) is 131 cm³/mol. The molecule has 2 aromatic rings. The summed E-state index contributed by atoms with van der Waals surface area (Å²) in [6.45, 7) is -0.174. The summed E-state index contributed by atoms with van der Waals surface area (Å²) in [5, 5.41) is 22.5. The number of hydrogen-bond donors (Lipinski definition) is 0. The molecule has 0 spiro atoms. The zero-order valence-corrected chi connectivity index (χ0v) is 21.2. The van der Waals surface area contributed by atoms with E-state index in [1.165, 1.54) is 48.5 Å². The maximum absolute atomic E-state index is 14.6. The molecular weight excluding hydrogens is 500 g/mol. The molecule has 0 amide bonds. The monoisotopic (exact) mass is 526 g/mol. The topological polar surface area (TPSA) is 162 Å². The molecule has 0 unspecified atom stereocenters. The Bertz CT molecular complexity index is 1220. The molecule has 0 aromatic heterocycles. The Morgan fingerprint density at radius 2 is 1.13 bits per heavy atom. The van der Waals surface area contributed by atoms with E-state index in [4.69, 9.17) is 9.47 Å².